The van der Waals surface area contributed by atoms with E-state index in [1.165, 1.54) is 7.11 Å². The lowest BCUT2D eigenvalue weighted by molar-refractivity contribution is 0.0591. The molecule has 0 bridgehead atoms. The van der Waals surface area contributed by atoms with E-state index in [4.69, 9.17) is 0 Å². The van der Waals surface area contributed by atoms with Crippen molar-refractivity contribution in [3.05, 3.63) is 17.6 Å². The minimum atomic E-state index is -2.86. The van der Waals surface area contributed by atoms with Crippen molar-refractivity contribution < 1.29 is 23.0 Å². The summed E-state index contributed by atoms with van der Waals surface area (Å²) in [5, 5.41) is 0. The Labute approximate surface area is 84.1 Å². The van der Waals surface area contributed by atoms with Crippen LogP contribution in [0.2, 0.25) is 0 Å². The van der Waals surface area contributed by atoms with E-state index < -0.39 is 18.1 Å². The second-order valence-electron chi connectivity index (χ2n) is 2.44. The van der Waals surface area contributed by atoms with E-state index >= 15 is 0 Å². The van der Waals surface area contributed by atoms with Crippen LogP contribution < -0.4 is 4.74 Å². The molecule has 0 saturated carbocycles. The molecular weight excluding hydrogens is 210 g/mol. The third-order valence-corrected chi connectivity index (χ3v) is 1.56. The minimum absolute atomic E-state index is 0.284. The maximum Gasteiger partial charge on any atom is 0.358 e. The Bertz CT molecular complexity index is 371. The van der Waals surface area contributed by atoms with Crippen molar-refractivity contribution in [1.29, 1.82) is 0 Å². The molecule has 0 N–H and O–H groups in total. The summed E-state index contributed by atoms with van der Waals surface area (Å²) in [6.45, 7) is 0. The summed E-state index contributed by atoms with van der Waals surface area (Å²) < 4.78 is 33.7. The van der Waals surface area contributed by atoms with Crippen LogP contribution in [0.1, 0.15) is 22.6 Å². The summed E-state index contributed by atoms with van der Waals surface area (Å²) in [6, 6.07) is 0. The highest BCUT2D eigenvalue weighted by Gasteiger charge is 2.20. The first kappa shape index (κ1) is 11.3. The molecule has 0 aliphatic rings. The molecule has 5 nitrogen and oxygen atoms in total. The van der Waals surface area contributed by atoms with Gasteiger partial charge in [-0.15, -0.1) is 0 Å². The van der Waals surface area contributed by atoms with Crippen LogP contribution >= 0.6 is 0 Å². The van der Waals surface area contributed by atoms with E-state index in [1.54, 1.807) is 0 Å². The van der Waals surface area contributed by atoms with Crippen molar-refractivity contribution in [2.24, 2.45) is 0 Å². The van der Waals surface area contributed by atoms with Gasteiger partial charge in [-0.2, -0.15) is 0 Å². The zero-order valence-electron chi connectivity index (χ0n) is 8.03. The summed E-state index contributed by atoms with van der Waals surface area (Å²) in [7, 11) is 2.31. The van der Waals surface area contributed by atoms with Crippen molar-refractivity contribution in [1.82, 2.24) is 9.97 Å². The Hall–Kier alpha value is -1.79. The molecule has 0 saturated heterocycles. The second-order valence-corrected chi connectivity index (χ2v) is 2.44. The molecule has 7 heteroatoms. The van der Waals surface area contributed by atoms with Gasteiger partial charge in [0.15, 0.2) is 11.4 Å². The van der Waals surface area contributed by atoms with E-state index in [2.05, 4.69) is 19.4 Å². The Kier molecular flexibility index (Phi) is 3.48. The molecule has 0 spiro atoms. The average molecular weight is 218 g/mol. The predicted molar refractivity (Wildman–Crippen MR) is 44.9 cm³/mol. The number of rotatable bonds is 3. The molecule has 1 heterocycles. The zero-order chi connectivity index (χ0) is 11.4. The molecule has 15 heavy (non-hydrogen) atoms. The number of hydrogen-bond donors (Lipinski definition) is 0. The standard InChI is InChI=1S/C8H8F2N2O3/c1-14-7-5(6(9)10)12-4(3-11-7)8(13)15-2/h3,6H,1-2H3. The van der Waals surface area contributed by atoms with E-state index in [0.29, 0.717) is 0 Å². The Balaban J connectivity index is 3.16. The monoisotopic (exact) mass is 218 g/mol. The van der Waals surface area contributed by atoms with Crippen LogP contribution in [0.5, 0.6) is 5.88 Å². The molecule has 1 aromatic heterocycles. The summed E-state index contributed by atoms with van der Waals surface area (Å²) in [6.07, 6.45) is -1.85. The SMILES string of the molecule is COC(=O)c1cnc(OC)c(C(F)F)n1. The van der Waals surface area contributed by atoms with Gasteiger partial charge in [0.2, 0.25) is 5.88 Å². The number of esters is 1. The van der Waals surface area contributed by atoms with E-state index in [1.807, 2.05) is 0 Å². The van der Waals surface area contributed by atoms with Crippen LogP contribution in [0.15, 0.2) is 6.20 Å². The smallest absolute Gasteiger partial charge is 0.358 e. The number of aromatic nitrogens is 2. The van der Waals surface area contributed by atoms with Crippen molar-refractivity contribution in [3.63, 3.8) is 0 Å². The lowest BCUT2D eigenvalue weighted by Gasteiger charge is -2.06. The largest absolute Gasteiger partial charge is 0.480 e. The molecule has 1 rings (SSSR count). The zero-order valence-corrected chi connectivity index (χ0v) is 8.03. The predicted octanol–water partition coefficient (Wildman–Crippen LogP) is 1.21. The number of carbonyl (C=O) groups is 1. The minimum Gasteiger partial charge on any atom is -0.480 e. The van der Waals surface area contributed by atoms with E-state index in [-0.39, 0.29) is 11.6 Å². The fourth-order valence-corrected chi connectivity index (χ4v) is 0.895. The lowest BCUT2D eigenvalue weighted by Crippen LogP contribution is -2.09. The average Bonchev–Trinajstić information content (AvgIpc) is 2.27. The van der Waals surface area contributed by atoms with E-state index in [0.717, 1.165) is 13.3 Å². The number of halogens is 2. The van der Waals surface area contributed by atoms with Crippen molar-refractivity contribution in [2.45, 2.75) is 6.43 Å². The maximum absolute atomic E-state index is 12.4. The summed E-state index contributed by atoms with van der Waals surface area (Å²) >= 11 is 0. The number of ether oxygens (including phenoxy) is 2. The van der Waals surface area contributed by atoms with Gasteiger partial charge in [0.05, 0.1) is 20.4 Å². The van der Waals surface area contributed by atoms with Gasteiger partial charge >= 0.3 is 5.97 Å². The Morgan fingerprint density at radius 3 is 2.60 bits per heavy atom. The highest BCUT2D eigenvalue weighted by atomic mass is 19.3. The van der Waals surface area contributed by atoms with Crippen LogP contribution in [-0.4, -0.2) is 30.2 Å². The first-order valence-corrected chi connectivity index (χ1v) is 3.87. The van der Waals surface area contributed by atoms with Gasteiger partial charge in [-0.1, -0.05) is 0 Å². The van der Waals surface area contributed by atoms with Crippen molar-refractivity contribution in [3.8, 4) is 5.88 Å². The number of nitrogens with zero attached hydrogens (tertiary/aromatic N) is 2. The molecule has 1 aromatic rings. The van der Waals surface area contributed by atoms with Gasteiger partial charge in [0.1, 0.15) is 0 Å². The number of methoxy groups -OCH3 is 2. The van der Waals surface area contributed by atoms with Crippen LogP contribution in [0.25, 0.3) is 0 Å². The van der Waals surface area contributed by atoms with Gasteiger partial charge in [0, 0.05) is 0 Å². The summed E-state index contributed by atoms with van der Waals surface area (Å²) in [5.41, 5.74) is -0.964. The van der Waals surface area contributed by atoms with E-state index in [9.17, 15) is 13.6 Å². The first-order chi connectivity index (χ1) is 7.10. The highest BCUT2D eigenvalue weighted by molar-refractivity contribution is 5.86. The topological polar surface area (TPSA) is 61.3 Å². The first-order valence-electron chi connectivity index (χ1n) is 3.87. The fraction of sp³-hybridized carbons (Fsp3) is 0.375. The van der Waals surface area contributed by atoms with Gasteiger partial charge in [-0.3, -0.25) is 0 Å². The fourth-order valence-electron chi connectivity index (χ4n) is 0.895. The van der Waals surface area contributed by atoms with Gasteiger partial charge in [-0.05, 0) is 0 Å². The van der Waals surface area contributed by atoms with Crippen LogP contribution in [-0.2, 0) is 4.74 Å². The van der Waals surface area contributed by atoms with Crippen LogP contribution in [0.4, 0.5) is 8.78 Å². The van der Waals surface area contributed by atoms with Crippen molar-refractivity contribution in [2.75, 3.05) is 14.2 Å². The molecule has 0 unspecified atom stereocenters. The quantitative estimate of drug-likeness (QED) is 0.713. The molecule has 82 valence electrons. The molecule has 0 aliphatic carbocycles. The molecular formula is C8H8F2N2O3. The second kappa shape index (κ2) is 4.63. The third kappa shape index (κ3) is 2.36. The summed E-state index contributed by atoms with van der Waals surface area (Å²) in [4.78, 5) is 17.9. The lowest BCUT2D eigenvalue weighted by atomic mass is 10.4. The molecule has 0 radical (unpaired) electrons. The Morgan fingerprint density at radius 1 is 1.47 bits per heavy atom. The van der Waals surface area contributed by atoms with Crippen LogP contribution in [0.3, 0.4) is 0 Å². The maximum atomic E-state index is 12.4. The number of carbonyl (C=O) groups excluding carboxylic acids is 1. The normalized spacial score (nSPS) is 10.2. The van der Waals surface area contributed by atoms with Gasteiger partial charge in [0.25, 0.3) is 6.43 Å². The van der Waals surface area contributed by atoms with Gasteiger partial charge in [-0.25, -0.2) is 23.5 Å². The molecule has 0 fully saturated rings. The molecule has 0 aromatic carbocycles. The van der Waals surface area contributed by atoms with Crippen LogP contribution in [0, 0.1) is 0 Å². The summed E-state index contributed by atoms with van der Waals surface area (Å²) in [5.74, 6) is -1.13. The molecule has 0 amide bonds. The molecule has 0 atom stereocenters. The molecule has 0 aliphatic heterocycles. The van der Waals surface area contributed by atoms with Gasteiger partial charge < -0.3 is 9.47 Å². The van der Waals surface area contributed by atoms with Crippen molar-refractivity contribution >= 4 is 5.97 Å². The Morgan fingerprint density at radius 2 is 2.13 bits per heavy atom. The number of hydrogen-bond acceptors (Lipinski definition) is 5. The highest BCUT2D eigenvalue weighted by Crippen LogP contribution is 2.24. The number of alkyl halides is 2. The third-order valence-electron chi connectivity index (χ3n) is 1.56.